The van der Waals surface area contributed by atoms with E-state index in [4.69, 9.17) is 0 Å². The second-order valence-electron chi connectivity index (χ2n) is 6.68. The van der Waals surface area contributed by atoms with E-state index < -0.39 is 0 Å². The number of anilines is 2. The average Bonchev–Trinajstić information content (AvgIpc) is 2.55. The highest BCUT2D eigenvalue weighted by Crippen LogP contribution is 2.27. The second kappa shape index (κ2) is 7.57. The Morgan fingerprint density at radius 3 is 2.32 bits per heavy atom. The molecular formula is C20H25N3O2. The molecule has 0 aliphatic carbocycles. The van der Waals surface area contributed by atoms with Crippen LogP contribution in [-0.2, 0) is 4.79 Å². The number of phenolic OH excluding ortho intramolecular Hbond substituents is 1. The van der Waals surface area contributed by atoms with Crippen molar-refractivity contribution in [2.45, 2.75) is 13.8 Å². The molecule has 3 rings (SSSR count). The summed E-state index contributed by atoms with van der Waals surface area (Å²) < 4.78 is 0. The molecule has 0 spiro atoms. The number of carbonyl (C=O) groups excluding carboxylic acids is 1. The maximum absolute atomic E-state index is 12.3. The van der Waals surface area contributed by atoms with E-state index in [1.807, 2.05) is 44.2 Å². The van der Waals surface area contributed by atoms with Crippen molar-refractivity contribution in [3.8, 4) is 5.75 Å². The third-order valence-corrected chi connectivity index (χ3v) is 4.47. The van der Waals surface area contributed by atoms with Gasteiger partial charge in [-0.05, 0) is 49.2 Å². The largest absolute Gasteiger partial charge is 0.506 e. The van der Waals surface area contributed by atoms with Gasteiger partial charge in [0.15, 0.2) is 0 Å². The van der Waals surface area contributed by atoms with Gasteiger partial charge in [0.2, 0.25) is 5.91 Å². The summed E-state index contributed by atoms with van der Waals surface area (Å²) in [5, 5.41) is 13.0. The number of nitrogens with zero attached hydrogens (tertiary/aromatic N) is 2. The van der Waals surface area contributed by atoms with Gasteiger partial charge in [-0.3, -0.25) is 9.69 Å². The van der Waals surface area contributed by atoms with Gasteiger partial charge >= 0.3 is 0 Å². The van der Waals surface area contributed by atoms with Crippen LogP contribution in [0.5, 0.6) is 5.75 Å². The molecule has 5 heteroatoms. The number of hydrogen-bond acceptors (Lipinski definition) is 4. The summed E-state index contributed by atoms with van der Waals surface area (Å²) in [6.07, 6.45) is 0. The molecule has 0 aromatic heterocycles. The van der Waals surface area contributed by atoms with E-state index in [0.29, 0.717) is 12.3 Å². The van der Waals surface area contributed by atoms with Crippen molar-refractivity contribution in [2.75, 3.05) is 42.9 Å². The van der Waals surface area contributed by atoms with Crippen molar-refractivity contribution in [1.29, 1.82) is 0 Å². The van der Waals surface area contributed by atoms with Crippen molar-refractivity contribution < 1.29 is 9.90 Å². The number of benzene rings is 2. The predicted molar refractivity (Wildman–Crippen MR) is 101 cm³/mol. The lowest BCUT2D eigenvalue weighted by Gasteiger charge is -2.35. The van der Waals surface area contributed by atoms with Crippen LogP contribution in [0.4, 0.5) is 11.4 Å². The molecular weight excluding hydrogens is 314 g/mol. The van der Waals surface area contributed by atoms with Crippen LogP contribution < -0.4 is 10.2 Å². The molecule has 25 heavy (non-hydrogen) atoms. The predicted octanol–water partition coefficient (Wildman–Crippen LogP) is 2.77. The van der Waals surface area contributed by atoms with Gasteiger partial charge in [0.05, 0.1) is 12.2 Å². The monoisotopic (exact) mass is 339 g/mol. The first-order chi connectivity index (χ1) is 12.0. The first-order valence-corrected chi connectivity index (χ1v) is 8.65. The van der Waals surface area contributed by atoms with Crippen LogP contribution in [0.2, 0.25) is 0 Å². The summed E-state index contributed by atoms with van der Waals surface area (Å²) in [5.74, 6) is 0.324. The number of piperazine rings is 1. The van der Waals surface area contributed by atoms with Crippen molar-refractivity contribution >= 4 is 17.3 Å². The molecule has 1 heterocycles. The van der Waals surface area contributed by atoms with Crippen molar-refractivity contribution in [3.05, 3.63) is 53.6 Å². The summed E-state index contributed by atoms with van der Waals surface area (Å²) in [4.78, 5) is 16.6. The van der Waals surface area contributed by atoms with Crippen LogP contribution in [0, 0.1) is 13.8 Å². The van der Waals surface area contributed by atoms with Crippen LogP contribution in [0.25, 0.3) is 0 Å². The van der Waals surface area contributed by atoms with E-state index in [0.717, 1.165) is 48.7 Å². The molecule has 0 bridgehead atoms. The number of aromatic hydroxyl groups is 1. The fourth-order valence-electron chi connectivity index (χ4n) is 3.33. The molecule has 0 atom stereocenters. The maximum Gasteiger partial charge on any atom is 0.238 e. The number of para-hydroxylation sites is 2. The molecule has 2 aromatic rings. The van der Waals surface area contributed by atoms with Crippen LogP contribution >= 0.6 is 0 Å². The van der Waals surface area contributed by atoms with Crippen LogP contribution in [0.1, 0.15) is 11.1 Å². The third-order valence-electron chi connectivity index (χ3n) is 4.47. The van der Waals surface area contributed by atoms with Gasteiger partial charge in [-0.1, -0.05) is 18.2 Å². The molecule has 1 aliphatic rings. The van der Waals surface area contributed by atoms with E-state index in [1.54, 1.807) is 6.07 Å². The molecule has 2 aromatic carbocycles. The van der Waals surface area contributed by atoms with Gasteiger partial charge in [-0.25, -0.2) is 0 Å². The number of aryl methyl sites for hydroxylation is 2. The first kappa shape index (κ1) is 17.3. The summed E-state index contributed by atoms with van der Waals surface area (Å²) in [7, 11) is 0. The molecule has 5 nitrogen and oxygen atoms in total. The SMILES string of the molecule is Cc1cc(C)cc(NC(=O)CN2CCN(c3ccccc3O)CC2)c1. The molecule has 1 aliphatic heterocycles. The van der Waals surface area contributed by atoms with E-state index in [1.165, 1.54) is 0 Å². The van der Waals surface area contributed by atoms with Crippen LogP contribution in [-0.4, -0.2) is 48.6 Å². The van der Waals surface area contributed by atoms with Crippen LogP contribution in [0.15, 0.2) is 42.5 Å². The number of carbonyl (C=O) groups is 1. The Labute approximate surface area is 148 Å². The lowest BCUT2D eigenvalue weighted by molar-refractivity contribution is -0.117. The van der Waals surface area contributed by atoms with E-state index >= 15 is 0 Å². The van der Waals surface area contributed by atoms with Crippen molar-refractivity contribution in [1.82, 2.24) is 4.90 Å². The highest BCUT2D eigenvalue weighted by molar-refractivity contribution is 5.92. The maximum atomic E-state index is 12.3. The summed E-state index contributed by atoms with van der Waals surface area (Å²) in [6, 6.07) is 13.5. The Balaban J connectivity index is 1.52. The van der Waals surface area contributed by atoms with Crippen molar-refractivity contribution in [3.63, 3.8) is 0 Å². The van der Waals surface area contributed by atoms with Gasteiger partial charge in [-0.2, -0.15) is 0 Å². The molecule has 0 unspecified atom stereocenters. The zero-order valence-electron chi connectivity index (χ0n) is 14.8. The van der Waals surface area contributed by atoms with Gasteiger partial charge in [0.1, 0.15) is 5.75 Å². The Morgan fingerprint density at radius 2 is 1.68 bits per heavy atom. The van der Waals surface area contributed by atoms with E-state index in [2.05, 4.69) is 21.2 Å². The quantitative estimate of drug-likeness (QED) is 0.899. The summed E-state index contributed by atoms with van der Waals surface area (Å²) in [5.41, 5.74) is 4.01. The normalized spacial score (nSPS) is 15.2. The minimum atomic E-state index is 0.0148. The lowest BCUT2D eigenvalue weighted by Crippen LogP contribution is -2.48. The first-order valence-electron chi connectivity index (χ1n) is 8.65. The number of nitrogens with one attached hydrogen (secondary N) is 1. The smallest absolute Gasteiger partial charge is 0.238 e. The Bertz CT molecular complexity index is 732. The Kier molecular flexibility index (Phi) is 5.24. The highest BCUT2D eigenvalue weighted by atomic mass is 16.3. The number of phenols is 1. The molecule has 1 saturated heterocycles. The average molecular weight is 339 g/mol. The van der Waals surface area contributed by atoms with E-state index in [9.17, 15) is 9.90 Å². The molecule has 1 fully saturated rings. The molecule has 0 saturated carbocycles. The lowest BCUT2D eigenvalue weighted by atomic mass is 10.1. The van der Waals surface area contributed by atoms with Gasteiger partial charge in [0.25, 0.3) is 0 Å². The molecule has 2 N–H and O–H groups in total. The minimum absolute atomic E-state index is 0.0148. The molecule has 0 radical (unpaired) electrons. The minimum Gasteiger partial charge on any atom is -0.506 e. The summed E-state index contributed by atoms with van der Waals surface area (Å²) >= 11 is 0. The summed E-state index contributed by atoms with van der Waals surface area (Å²) in [6.45, 7) is 7.65. The zero-order chi connectivity index (χ0) is 17.8. The number of hydrogen-bond donors (Lipinski definition) is 2. The Morgan fingerprint density at radius 1 is 1.04 bits per heavy atom. The molecule has 1 amide bonds. The van der Waals surface area contributed by atoms with Crippen LogP contribution in [0.3, 0.4) is 0 Å². The number of amides is 1. The van der Waals surface area contributed by atoms with Gasteiger partial charge in [0, 0.05) is 31.9 Å². The zero-order valence-corrected chi connectivity index (χ0v) is 14.8. The van der Waals surface area contributed by atoms with Gasteiger partial charge < -0.3 is 15.3 Å². The fourth-order valence-corrected chi connectivity index (χ4v) is 3.33. The van der Waals surface area contributed by atoms with Crippen molar-refractivity contribution in [2.24, 2.45) is 0 Å². The Hall–Kier alpha value is -2.53. The highest BCUT2D eigenvalue weighted by Gasteiger charge is 2.20. The topological polar surface area (TPSA) is 55.8 Å². The van der Waals surface area contributed by atoms with E-state index in [-0.39, 0.29) is 5.91 Å². The fraction of sp³-hybridized carbons (Fsp3) is 0.350. The standard InChI is InChI=1S/C20H25N3O2/c1-15-11-16(2)13-17(12-15)21-20(25)14-22-7-9-23(10-8-22)18-5-3-4-6-19(18)24/h3-6,11-13,24H,7-10,14H2,1-2H3,(H,21,25). The van der Waals surface area contributed by atoms with Gasteiger partial charge in [-0.15, -0.1) is 0 Å². The number of rotatable bonds is 4. The second-order valence-corrected chi connectivity index (χ2v) is 6.68. The molecule has 132 valence electrons. The third kappa shape index (κ3) is 4.51.